The summed E-state index contributed by atoms with van der Waals surface area (Å²) in [5.74, 6) is 0.810. The van der Waals surface area contributed by atoms with Gasteiger partial charge in [-0.25, -0.2) is 0 Å². The van der Waals surface area contributed by atoms with E-state index in [9.17, 15) is 0 Å². The highest BCUT2D eigenvalue weighted by molar-refractivity contribution is 5.83. The van der Waals surface area contributed by atoms with E-state index in [1.807, 2.05) is 7.05 Å². The predicted octanol–water partition coefficient (Wildman–Crippen LogP) is 3.54. The smallest absolute Gasteiger partial charge is 0.191 e. The Labute approximate surface area is 178 Å². The van der Waals surface area contributed by atoms with Crippen molar-refractivity contribution in [1.82, 2.24) is 15.5 Å². The van der Waals surface area contributed by atoms with Gasteiger partial charge in [-0.05, 0) is 33.5 Å². The predicted molar refractivity (Wildman–Crippen MR) is 124 cm³/mol. The van der Waals surface area contributed by atoms with E-state index in [-0.39, 0.29) is 0 Å². The molecule has 3 aromatic carbocycles. The van der Waals surface area contributed by atoms with Gasteiger partial charge in [0.05, 0.1) is 13.2 Å². The van der Waals surface area contributed by atoms with Crippen molar-refractivity contribution in [2.24, 2.45) is 4.99 Å². The minimum Gasteiger partial charge on any atom is -0.379 e. The van der Waals surface area contributed by atoms with Crippen LogP contribution in [0, 0.1) is 0 Å². The van der Waals surface area contributed by atoms with E-state index in [2.05, 4.69) is 87.3 Å². The molecule has 0 amide bonds. The lowest BCUT2D eigenvalue weighted by atomic mass is 10.1. The lowest BCUT2D eigenvalue weighted by molar-refractivity contribution is 0.0341. The molecule has 30 heavy (non-hydrogen) atoms. The number of nitrogens with zero attached hydrogens (tertiary/aromatic N) is 2. The molecule has 5 heteroatoms. The molecule has 1 aliphatic rings. The Bertz CT molecular complexity index is 995. The van der Waals surface area contributed by atoms with Gasteiger partial charge in [0.2, 0.25) is 0 Å². The fraction of sp³-hybridized carbons (Fsp3) is 0.320. The third kappa shape index (κ3) is 5.38. The summed E-state index contributed by atoms with van der Waals surface area (Å²) in [5, 5.41) is 9.43. The second-order valence-corrected chi connectivity index (χ2v) is 7.62. The molecule has 1 fully saturated rings. The van der Waals surface area contributed by atoms with E-state index in [0.717, 1.165) is 51.9 Å². The number of rotatable bonds is 6. The number of hydrogen-bond donors (Lipinski definition) is 2. The summed E-state index contributed by atoms with van der Waals surface area (Å²) in [4.78, 5) is 6.85. The standard InChI is InChI=1S/C25H30N4O/c1-26-25(27-17-20-10-11-21-6-2-3-7-22(21)16-20)28-18-23-8-4-5-9-24(23)19-29-12-14-30-15-13-29/h2-11,16H,12-15,17-19H2,1H3,(H2,26,27,28). The van der Waals surface area contributed by atoms with Crippen molar-refractivity contribution in [2.75, 3.05) is 33.4 Å². The zero-order chi connectivity index (χ0) is 20.6. The van der Waals surface area contributed by atoms with E-state index in [0.29, 0.717) is 0 Å². The van der Waals surface area contributed by atoms with E-state index in [4.69, 9.17) is 4.74 Å². The Kier molecular flexibility index (Phi) is 6.95. The quantitative estimate of drug-likeness (QED) is 0.489. The zero-order valence-electron chi connectivity index (χ0n) is 17.6. The molecule has 5 nitrogen and oxygen atoms in total. The second kappa shape index (κ2) is 10.2. The fourth-order valence-electron chi connectivity index (χ4n) is 3.82. The molecule has 1 aliphatic heterocycles. The third-order valence-corrected chi connectivity index (χ3v) is 5.56. The summed E-state index contributed by atoms with van der Waals surface area (Å²) in [6, 6.07) is 23.6. The lowest BCUT2D eigenvalue weighted by Gasteiger charge is -2.27. The normalized spacial score (nSPS) is 15.3. The third-order valence-electron chi connectivity index (χ3n) is 5.56. The number of guanidine groups is 1. The first-order valence-corrected chi connectivity index (χ1v) is 10.6. The monoisotopic (exact) mass is 402 g/mol. The molecule has 156 valence electrons. The van der Waals surface area contributed by atoms with Crippen LogP contribution in [0.3, 0.4) is 0 Å². The molecule has 0 saturated carbocycles. The first kappa shape index (κ1) is 20.4. The fourth-order valence-corrected chi connectivity index (χ4v) is 3.82. The Morgan fingerprint density at radius 2 is 1.57 bits per heavy atom. The van der Waals surface area contributed by atoms with E-state index >= 15 is 0 Å². The number of fused-ring (bicyclic) bond motifs is 1. The summed E-state index contributed by atoms with van der Waals surface area (Å²) >= 11 is 0. The molecule has 0 bridgehead atoms. The highest BCUT2D eigenvalue weighted by Gasteiger charge is 2.12. The van der Waals surface area contributed by atoms with Crippen molar-refractivity contribution in [3.8, 4) is 0 Å². The maximum atomic E-state index is 5.47. The lowest BCUT2D eigenvalue weighted by Crippen LogP contribution is -2.37. The van der Waals surface area contributed by atoms with Gasteiger partial charge in [0.25, 0.3) is 0 Å². The first-order valence-electron chi connectivity index (χ1n) is 10.6. The largest absolute Gasteiger partial charge is 0.379 e. The number of morpholine rings is 1. The number of ether oxygens (including phenoxy) is 1. The molecule has 0 spiro atoms. The zero-order valence-corrected chi connectivity index (χ0v) is 17.6. The highest BCUT2D eigenvalue weighted by atomic mass is 16.5. The molecular formula is C25H30N4O. The first-order chi connectivity index (χ1) is 14.8. The van der Waals surface area contributed by atoms with Gasteiger partial charge in [-0.3, -0.25) is 9.89 Å². The van der Waals surface area contributed by atoms with E-state index in [1.54, 1.807) is 0 Å². The van der Waals surface area contributed by atoms with Crippen LogP contribution in [0.1, 0.15) is 16.7 Å². The molecule has 0 aliphatic carbocycles. The maximum Gasteiger partial charge on any atom is 0.191 e. The van der Waals surface area contributed by atoms with Crippen LogP contribution < -0.4 is 10.6 Å². The average molecular weight is 403 g/mol. The number of nitrogens with one attached hydrogen (secondary N) is 2. The Balaban J connectivity index is 1.34. The number of aliphatic imine (C=N–C) groups is 1. The van der Waals surface area contributed by atoms with Crippen LogP contribution in [-0.4, -0.2) is 44.2 Å². The summed E-state index contributed by atoms with van der Waals surface area (Å²) in [5.41, 5.74) is 3.90. The Morgan fingerprint density at radius 1 is 0.867 bits per heavy atom. The van der Waals surface area contributed by atoms with Gasteiger partial charge < -0.3 is 15.4 Å². The van der Waals surface area contributed by atoms with E-state index < -0.39 is 0 Å². The van der Waals surface area contributed by atoms with Gasteiger partial charge in [0.1, 0.15) is 0 Å². The van der Waals surface area contributed by atoms with Gasteiger partial charge >= 0.3 is 0 Å². The number of hydrogen-bond acceptors (Lipinski definition) is 3. The number of benzene rings is 3. The molecule has 3 aromatic rings. The molecule has 4 rings (SSSR count). The maximum absolute atomic E-state index is 5.47. The van der Waals surface area contributed by atoms with Crippen LogP contribution in [0.15, 0.2) is 71.7 Å². The Morgan fingerprint density at radius 3 is 2.37 bits per heavy atom. The molecule has 2 N–H and O–H groups in total. The molecule has 1 saturated heterocycles. The molecular weight excluding hydrogens is 372 g/mol. The van der Waals surface area contributed by atoms with Crippen LogP contribution in [0.25, 0.3) is 10.8 Å². The van der Waals surface area contributed by atoms with Gasteiger partial charge in [0.15, 0.2) is 5.96 Å². The molecule has 0 aromatic heterocycles. The van der Waals surface area contributed by atoms with Crippen molar-refractivity contribution < 1.29 is 4.74 Å². The molecule has 0 atom stereocenters. The minimum absolute atomic E-state index is 0.736. The summed E-state index contributed by atoms with van der Waals surface area (Å²) in [7, 11) is 1.81. The summed E-state index contributed by atoms with van der Waals surface area (Å²) in [6.45, 7) is 6.09. The minimum atomic E-state index is 0.736. The van der Waals surface area contributed by atoms with Crippen molar-refractivity contribution >= 4 is 16.7 Å². The van der Waals surface area contributed by atoms with Crippen LogP contribution >= 0.6 is 0 Å². The molecule has 0 radical (unpaired) electrons. The van der Waals surface area contributed by atoms with Crippen LogP contribution in [-0.2, 0) is 24.4 Å². The van der Waals surface area contributed by atoms with Crippen LogP contribution in [0.4, 0.5) is 0 Å². The molecule has 1 heterocycles. The summed E-state index contributed by atoms with van der Waals surface area (Å²) in [6.07, 6.45) is 0. The van der Waals surface area contributed by atoms with Crippen molar-refractivity contribution in [3.05, 3.63) is 83.4 Å². The van der Waals surface area contributed by atoms with Gasteiger partial charge in [-0.1, -0.05) is 60.7 Å². The van der Waals surface area contributed by atoms with E-state index in [1.165, 1.54) is 27.5 Å². The molecule has 0 unspecified atom stereocenters. The van der Waals surface area contributed by atoms with Crippen LogP contribution in [0.5, 0.6) is 0 Å². The van der Waals surface area contributed by atoms with Crippen molar-refractivity contribution in [2.45, 2.75) is 19.6 Å². The second-order valence-electron chi connectivity index (χ2n) is 7.62. The van der Waals surface area contributed by atoms with Gasteiger partial charge in [0, 0.05) is 39.8 Å². The van der Waals surface area contributed by atoms with Crippen molar-refractivity contribution in [1.29, 1.82) is 0 Å². The van der Waals surface area contributed by atoms with Crippen LogP contribution in [0.2, 0.25) is 0 Å². The van der Waals surface area contributed by atoms with Gasteiger partial charge in [-0.2, -0.15) is 0 Å². The average Bonchev–Trinajstić information content (AvgIpc) is 2.80. The Hall–Kier alpha value is -2.89. The van der Waals surface area contributed by atoms with Gasteiger partial charge in [-0.15, -0.1) is 0 Å². The van der Waals surface area contributed by atoms with Crippen molar-refractivity contribution in [3.63, 3.8) is 0 Å². The SMILES string of the molecule is CN=C(NCc1ccc2ccccc2c1)NCc1ccccc1CN1CCOCC1. The highest BCUT2D eigenvalue weighted by Crippen LogP contribution is 2.16. The topological polar surface area (TPSA) is 48.9 Å². The summed E-state index contributed by atoms with van der Waals surface area (Å²) < 4.78 is 5.47.